The second kappa shape index (κ2) is 5.50. The Labute approximate surface area is 91.4 Å². The Morgan fingerprint density at radius 2 is 2.31 bits per heavy atom. The van der Waals surface area contributed by atoms with Crippen molar-refractivity contribution in [2.24, 2.45) is 5.73 Å². The molecular formula is C10H12F2N2O2. The normalized spacial score (nSPS) is 10.6. The standard InChI is InChI=1S/C10H12F2N2O2/c1-2-16-10(15)7-3-6(9(11)12)5-14-8(7)4-13/h3,5,9H,2,4,13H2,1H3. The Bertz CT molecular complexity index is 383. The molecule has 0 radical (unpaired) electrons. The lowest BCUT2D eigenvalue weighted by Crippen LogP contribution is -2.13. The summed E-state index contributed by atoms with van der Waals surface area (Å²) in [5, 5.41) is 0. The molecular weight excluding hydrogens is 218 g/mol. The van der Waals surface area contributed by atoms with Crippen LogP contribution >= 0.6 is 0 Å². The van der Waals surface area contributed by atoms with Gasteiger partial charge in [0.15, 0.2) is 0 Å². The second-order valence-electron chi connectivity index (χ2n) is 2.99. The van der Waals surface area contributed by atoms with Crippen LogP contribution in [0, 0.1) is 0 Å². The summed E-state index contributed by atoms with van der Waals surface area (Å²) in [5.41, 5.74) is 5.29. The fraction of sp³-hybridized carbons (Fsp3) is 0.400. The van der Waals surface area contributed by atoms with Crippen LogP contribution in [-0.4, -0.2) is 17.6 Å². The van der Waals surface area contributed by atoms with Gasteiger partial charge in [-0.05, 0) is 13.0 Å². The van der Waals surface area contributed by atoms with E-state index in [2.05, 4.69) is 4.98 Å². The zero-order chi connectivity index (χ0) is 12.1. The van der Waals surface area contributed by atoms with Crippen LogP contribution < -0.4 is 5.73 Å². The number of hydrogen-bond acceptors (Lipinski definition) is 4. The molecule has 6 heteroatoms. The number of carbonyl (C=O) groups is 1. The third-order valence-electron chi connectivity index (χ3n) is 1.93. The van der Waals surface area contributed by atoms with Crippen molar-refractivity contribution in [3.8, 4) is 0 Å². The molecule has 1 aromatic heterocycles. The molecule has 0 saturated carbocycles. The maximum Gasteiger partial charge on any atom is 0.340 e. The van der Waals surface area contributed by atoms with Crippen LogP contribution in [0.2, 0.25) is 0 Å². The number of esters is 1. The van der Waals surface area contributed by atoms with E-state index in [4.69, 9.17) is 10.5 Å². The lowest BCUT2D eigenvalue weighted by molar-refractivity contribution is 0.0524. The molecule has 0 amide bonds. The maximum absolute atomic E-state index is 12.4. The van der Waals surface area contributed by atoms with Crippen molar-refractivity contribution in [1.82, 2.24) is 4.98 Å². The number of alkyl halides is 2. The Morgan fingerprint density at radius 3 is 2.81 bits per heavy atom. The summed E-state index contributed by atoms with van der Waals surface area (Å²) in [6, 6.07) is 1.07. The summed E-state index contributed by atoms with van der Waals surface area (Å²) in [7, 11) is 0. The Kier molecular flexibility index (Phi) is 4.30. The van der Waals surface area contributed by atoms with E-state index < -0.39 is 12.4 Å². The molecule has 0 aliphatic carbocycles. The summed E-state index contributed by atoms with van der Waals surface area (Å²) in [6.07, 6.45) is -1.66. The van der Waals surface area contributed by atoms with Crippen molar-refractivity contribution in [2.45, 2.75) is 19.9 Å². The zero-order valence-electron chi connectivity index (χ0n) is 8.74. The number of ether oxygens (including phenoxy) is 1. The highest BCUT2D eigenvalue weighted by Gasteiger charge is 2.17. The predicted octanol–water partition coefficient (Wildman–Crippen LogP) is 1.65. The molecule has 0 aliphatic heterocycles. The number of pyridine rings is 1. The van der Waals surface area contributed by atoms with Crippen LogP contribution in [-0.2, 0) is 11.3 Å². The number of hydrogen-bond donors (Lipinski definition) is 1. The van der Waals surface area contributed by atoms with Crippen molar-refractivity contribution in [3.05, 3.63) is 29.1 Å². The van der Waals surface area contributed by atoms with E-state index in [0.29, 0.717) is 0 Å². The quantitative estimate of drug-likeness (QED) is 0.799. The van der Waals surface area contributed by atoms with Gasteiger partial charge in [0, 0.05) is 18.3 Å². The molecule has 0 fully saturated rings. The lowest BCUT2D eigenvalue weighted by Gasteiger charge is -2.08. The van der Waals surface area contributed by atoms with Gasteiger partial charge in [-0.3, -0.25) is 4.98 Å². The molecule has 0 bridgehead atoms. The van der Waals surface area contributed by atoms with Gasteiger partial charge in [-0.1, -0.05) is 0 Å². The molecule has 0 unspecified atom stereocenters. The Hall–Kier alpha value is -1.56. The fourth-order valence-electron chi connectivity index (χ4n) is 1.18. The number of halogens is 2. The number of rotatable bonds is 4. The van der Waals surface area contributed by atoms with Crippen LogP contribution in [0.5, 0.6) is 0 Å². The van der Waals surface area contributed by atoms with E-state index in [1.165, 1.54) is 0 Å². The summed E-state index contributed by atoms with van der Waals surface area (Å²) >= 11 is 0. The first-order valence-electron chi connectivity index (χ1n) is 4.74. The Balaban J connectivity index is 3.11. The van der Waals surface area contributed by atoms with Gasteiger partial charge in [0.25, 0.3) is 6.43 Å². The number of aromatic nitrogens is 1. The van der Waals surface area contributed by atoms with Crippen molar-refractivity contribution in [1.29, 1.82) is 0 Å². The Morgan fingerprint density at radius 1 is 1.62 bits per heavy atom. The summed E-state index contributed by atoms with van der Waals surface area (Å²) in [5.74, 6) is -0.682. The zero-order valence-corrected chi connectivity index (χ0v) is 8.74. The molecule has 0 atom stereocenters. The minimum atomic E-state index is -2.67. The maximum atomic E-state index is 12.4. The van der Waals surface area contributed by atoms with Crippen LogP contribution in [0.4, 0.5) is 8.78 Å². The van der Waals surface area contributed by atoms with Gasteiger partial charge < -0.3 is 10.5 Å². The topological polar surface area (TPSA) is 65.2 Å². The highest BCUT2D eigenvalue weighted by Crippen LogP contribution is 2.20. The first kappa shape index (κ1) is 12.5. The van der Waals surface area contributed by atoms with Gasteiger partial charge in [0.1, 0.15) is 0 Å². The molecule has 0 saturated heterocycles. The molecule has 88 valence electrons. The number of nitrogens with zero attached hydrogens (tertiary/aromatic N) is 1. The molecule has 0 spiro atoms. The van der Waals surface area contributed by atoms with E-state index in [-0.39, 0.29) is 30.0 Å². The molecule has 4 nitrogen and oxygen atoms in total. The highest BCUT2D eigenvalue weighted by atomic mass is 19.3. The molecule has 0 aliphatic rings. The molecule has 2 N–H and O–H groups in total. The second-order valence-corrected chi connectivity index (χ2v) is 2.99. The van der Waals surface area contributed by atoms with E-state index >= 15 is 0 Å². The van der Waals surface area contributed by atoms with E-state index in [1.54, 1.807) is 6.92 Å². The van der Waals surface area contributed by atoms with Gasteiger partial charge in [-0.2, -0.15) is 0 Å². The summed E-state index contributed by atoms with van der Waals surface area (Å²) in [6.45, 7) is 1.80. The monoisotopic (exact) mass is 230 g/mol. The fourth-order valence-corrected chi connectivity index (χ4v) is 1.18. The molecule has 0 aromatic carbocycles. The van der Waals surface area contributed by atoms with Gasteiger partial charge in [-0.25, -0.2) is 13.6 Å². The van der Waals surface area contributed by atoms with Crippen LogP contribution in [0.1, 0.15) is 35.0 Å². The van der Waals surface area contributed by atoms with Crippen molar-refractivity contribution in [2.75, 3.05) is 6.61 Å². The first-order valence-corrected chi connectivity index (χ1v) is 4.74. The van der Waals surface area contributed by atoms with Gasteiger partial charge in [-0.15, -0.1) is 0 Å². The summed E-state index contributed by atoms with van der Waals surface area (Å²) in [4.78, 5) is 15.2. The van der Waals surface area contributed by atoms with Crippen LogP contribution in [0.15, 0.2) is 12.3 Å². The molecule has 16 heavy (non-hydrogen) atoms. The van der Waals surface area contributed by atoms with Crippen LogP contribution in [0.25, 0.3) is 0 Å². The van der Waals surface area contributed by atoms with Gasteiger partial charge in [0.2, 0.25) is 0 Å². The van der Waals surface area contributed by atoms with E-state index in [1.807, 2.05) is 0 Å². The number of nitrogens with two attached hydrogens (primary N) is 1. The summed E-state index contributed by atoms with van der Waals surface area (Å²) < 4.78 is 29.5. The minimum absolute atomic E-state index is 0.00199. The lowest BCUT2D eigenvalue weighted by atomic mass is 10.1. The molecule has 1 heterocycles. The van der Waals surface area contributed by atoms with Crippen LogP contribution in [0.3, 0.4) is 0 Å². The SMILES string of the molecule is CCOC(=O)c1cc(C(F)F)cnc1CN. The van der Waals surface area contributed by atoms with Crippen molar-refractivity contribution in [3.63, 3.8) is 0 Å². The highest BCUT2D eigenvalue weighted by molar-refractivity contribution is 5.90. The molecule has 1 aromatic rings. The average molecular weight is 230 g/mol. The average Bonchev–Trinajstić information content (AvgIpc) is 2.28. The first-order chi connectivity index (χ1) is 7.60. The largest absolute Gasteiger partial charge is 0.462 e. The van der Waals surface area contributed by atoms with E-state index in [0.717, 1.165) is 12.3 Å². The predicted molar refractivity (Wildman–Crippen MR) is 53.0 cm³/mol. The number of carbonyl (C=O) groups excluding carboxylic acids is 1. The molecule has 1 rings (SSSR count). The third kappa shape index (κ3) is 2.73. The van der Waals surface area contributed by atoms with Gasteiger partial charge >= 0.3 is 5.97 Å². The van der Waals surface area contributed by atoms with Crippen molar-refractivity contribution < 1.29 is 18.3 Å². The third-order valence-corrected chi connectivity index (χ3v) is 1.93. The minimum Gasteiger partial charge on any atom is -0.462 e. The van der Waals surface area contributed by atoms with Gasteiger partial charge in [0.05, 0.1) is 17.9 Å². The smallest absolute Gasteiger partial charge is 0.340 e. The van der Waals surface area contributed by atoms with E-state index in [9.17, 15) is 13.6 Å². The van der Waals surface area contributed by atoms with Crippen molar-refractivity contribution >= 4 is 5.97 Å².